The average molecular weight is 237 g/mol. The summed E-state index contributed by atoms with van der Waals surface area (Å²) in [5.74, 6) is -0.180. The molecule has 0 bridgehead atoms. The molecule has 0 fully saturated rings. The standard InChI is InChI=1S/C16H12FN/c1-11-7-8-13(10-15(11)17)14-6-2-4-12-5-3-9-18-16(12)14/h2-10H,1H3. The summed E-state index contributed by atoms with van der Waals surface area (Å²) in [7, 11) is 0. The summed E-state index contributed by atoms with van der Waals surface area (Å²) in [5, 5.41) is 1.07. The maximum absolute atomic E-state index is 13.6. The Hall–Kier alpha value is -2.22. The Bertz CT molecular complexity index is 714. The first-order chi connectivity index (χ1) is 8.75. The minimum absolute atomic E-state index is 0.180. The highest BCUT2D eigenvalue weighted by Gasteiger charge is 2.06. The van der Waals surface area contributed by atoms with E-state index in [1.165, 1.54) is 0 Å². The first-order valence-corrected chi connectivity index (χ1v) is 5.86. The number of hydrogen-bond acceptors (Lipinski definition) is 1. The van der Waals surface area contributed by atoms with Crippen molar-refractivity contribution in [2.75, 3.05) is 0 Å². The van der Waals surface area contributed by atoms with E-state index in [2.05, 4.69) is 4.98 Å². The highest BCUT2D eigenvalue weighted by Crippen LogP contribution is 2.27. The number of fused-ring (bicyclic) bond motifs is 1. The molecule has 0 saturated heterocycles. The monoisotopic (exact) mass is 237 g/mol. The maximum Gasteiger partial charge on any atom is 0.126 e. The van der Waals surface area contributed by atoms with Gasteiger partial charge in [-0.1, -0.05) is 36.4 Å². The van der Waals surface area contributed by atoms with Crippen molar-refractivity contribution >= 4 is 10.9 Å². The van der Waals surface area contributed by atoms with Crippen LogP contribution in [0.4, 0.5) is 4.39 Å². The number of aryl methyl sites for hydroxylation is 1. The van der Waals surface area contributed by atoms with Crippen LogP contribution in [0, 0.1) is 12.7 Å². The first-order valence-electron chi connectivity index (χ1n) is 5.86. The summed E-state index contributed by atoms with van der Waals surface area (Å²) in [5.41, 5.74) is 3.39. The van der Waals surface area contributed by atoms with Crippen molar-refractivity contribution in [2.45, 2.75) is 6.92 Å². The summed E-state index contributed by atoms with van der Waals surface area (Å²) >= 11 is 0. The van der Waals surface area contributed by atoms with Crippen LogP contribution in [0.3, 0.4) is 0 Å². The van der Waals surface area contributed by atoms with E-state index in [1.54, 1.807) is 25.3 Å². The molecule has 18 heavy (non-hydrogen) atoms. The van der Waals surface area contributed by atoms with Gasteiger partial charge in [-0.05, 0) is 30.2 Å². The van der Waals surface area contributed by atoms with E-state index in [0.29, 0.717) is 5.56 Å². The number of hydrogen-bond donors (Lipinski definition) is 0. The Morgan fingerprint density at radius 1 is 1.00 bits per heavy atom. The molecule has 0 aliphatic heterocycles. The molecule has 0 aliphatic rings. The molecule has 2 heteroatoms. The van der Waals surface area contributed by atoms with Crippen LogP contribution in [-0.2, 0) is 0 Å². The molecule has 1 heterocycles. The van der Waals surface area contributed by atoms with Crippen molar-refractivity contribution in [1.82, 2.24) is 4.98 Å². The number of para-hydroxylation sites is 1. The summed E-state index contributed by atoms with van der Waals surface area (Å²) in [4.78, 5) is 4.39. The summed E-state index contributed by atoms with van der Waals surface area (Å²) in [6.07, 6.45) is 1.76. The number of rotatable bonds is 1. The third-order valence-corrected chi connectivity index (χ3v) is 3.12. The van der Waals surface area contributed by atoms with E-state index in [0.717, 1.165) is 22.0 Å². The van der Waals surface area contributed by atoms with Crippen LogP contribution in [0.5, 0.6) is 0 Å². The molecule has 0 spiro atoms. The molecule has 0 aliphatic carbocycles. The first kappa shape index (κ1) is 10.9. The molecule has 1 aromatic heterocycles. The second kappa shape index (κ2) is 4.22. The number of halogens is 1. The van der Waals surface area contributed by atoms with Gasteiger partial charge in [-0.2, -0.15) is 0 Å². The third-order valence-electron chi connectivity index (χ3n) is 3.12. The topological polar surface area (TPSA) is 12.9 Å². The summed E-state index contributed by atoms with van der Waals surface area (Å²) in [6.45, 7) is 1.76. The van der Waals surface area contributed by atoms with Gasteiger partial charge >= 0.3 is 0 Å². The van der Waals surface area contributed by atoms with E-state index in [9.17, 15) is 4.39 Å². The van der Waals surface area contributed by atoms with Crippen molar-refractivity contribution in [2.24, 2.45) is 0 Å². The molecule has 0 atom stereocenters. The molecule has 3 aromatic rings. The van der Waals surface area contributed by atoms with Crippen molar-refractivity contribution in [3.63, 3.8) is 0 Å². The predicted octanol–water partition coefficient (Wildman–Crippen LogP) is 4.35. The minimum Gasteiger partial charge on any atom is -0.256 e. The molecular weight excluding hydrogens is 225 g/mol. The molecule has 3 rings (SSSR count). The fourth-order valence-electron chi connectivity index (χ4n) is 2.10. The second-order valence-corrected chi connectivity index (χ2v) is 4.34. The quantitative estimate of drug-likeness (QED) is 0.613. The second-order valence-electron chi connectivity index (χ2n) is 4.34. The molecule has 0 amide bonds. The van der Waals surface area contributed by atoms with Gasteiger partial charge in [0.15, 0.2) is 0 Å². The van der Waals surface area contributed by atoms with Gasteiger partial charge in [0.25, 0.3) is 0 Å². The van der Waals surface area contributed by atoms with Crippen LogP contribution >= 0.6 is 0 Å². The van der Waals surface area contributed by atoms with E-state index in [4.69, 9.17) is 0 Å². The lowest BCUT2D eigenvalue weighted by atomic mass is 10.0. The Labute approximate surface area is 105 Å². The normalized spacial score (nSPS) is 10.8. The van der Waals surface area contributed by atoms with E-state index >= 15 is 0 Å². The highest BCUT2D eigenvalue weighted by molar-refractivity contribution is 5.93. The molecule has 1 nitrogen and oxygen atoms in total. The average Bonchev–Trinajstić information content (AvgIpc) is 2.41. The number of nitrogens with zero attached hydrogens (tertiary/aromatic N) is 1. The lowest BCUT2D eigenvalue weighted by Crippen LogP contribution is -1.87. The SMILES string of the molecule is Cc1ccc(-c2cccc3cccnc23)cc1F. The molecular formula is C16H12FN. The van der Waals surface area contributed by atoms with Crippen LogP contribution in [-0.4, -0.2) is 4.98 Å². The van der Waals surface area contributed by atoms with Gasteiger partial charge in [-0.25, -0.2) is 4.39 Å². The largest absolute Gasteiger partial charge is 0.256 e. The van der Waals surface area contributed by atoms with Gasteiger partial charge in [0.2, 0.25) is 0 Å². The predicted molar refractivity (Wildman–Crippen MR) is 71.9 cm³/mol. The van der Waals surface area contributed by atoms with Gasteiger partial charge in [0.05, 0.1) is 5.52 Å². The van der Waals surface area contributed by atoms with Crippen LogP contribution in [0.1, 0.15) is 5.56 Å². The molecule has 0 N–H and O–H groups in total. The number of pyridine rings is 1. The van der Waals surface area contributed by atoms with Gasteiger partial charge in [0.1, 0.15) is 5.82 Å². The third kappa shape index (κ3) is 1.76. The highest BCUT2D eigenvalue weighted by atomic mass is 19.1. The molecule has 88 valence electrons. The van der Waals surface area contributed by atoms with E-state index in [-0.39, 0.29) is 5.82 Å². The van der Waals surface area contributed by atoms with Crippen molar-refractivity contribution in [1.29, 1.82) is 0 Å². The summed E-state index contributed by atoms with van der Waals surface area (Å²) in [6, 6.07) is 15.2. The van der Waals surface area contributed by atoms with E-state index < -0.39 is 0 Å². The fourth-order valence-corrected chi connectivity index (χ4v) is 2.10. The lowest BCUT2D eigenvalue weighted by molar-refractivity contribution is 0.619. The Balaban J connectivity index is 2.28. The smallest absolute Gasteiger partial charge is 0.126 e. The van der Waals surface area contributed by atoms with E-state index in [1.807, 2.05) is 36.4 Å². The molecule has 2 aromatic carbocycles. The zero-order valence-corrected chi connectivity index (χ0v) is 10.0. The number of benzene rings is 2. The maximum atomic E-state index is 13.6. The Kier molecular flexibility index (Phi) is 2.56. The number of aromatic nitrogens is 1. The minimum atomic E-state index is -0.180. The summed E-state index contributed by atoms with van der Waals surface area (Å²) < 4.78 is 13.6. The fraction of sp³-hybridized carbons (Fsp3) is 0.0625. The van der Waals surface area contributed by atoms with Crippen LogP contribution in [0.15, 0.2) is 54.7 Å². The Morgan fingerprint density at radius 3 is 2.67 bits per heavy atom. The van der Waals surface area contributed by atoms with Crippen molar-refractivity contribution < 1.29 is 4.39 Å². The van der Waals surface area contributed by atoms with Crippen LogP contribution in [0.25, 0.3) is 22.0 Å². The zero-order chi connectivity index (χ0) is 12.5. The van der Waals surface area contributed by atoms with Gasteiger partial charge < -0.3 is 0 Å². The lowest BCUT2D eigenvalue weighted by Gasteiger charge is -2.06. The van der Waals surface area contributed by atoms with Crippen molar-refractivity contribution in [3.05, 3.63) is 66.1 Å². The molecule has 0 unspecified atom stereocenters. The molecule has 0 radical (unpaired) electrons. The van der Waals surface area contributed by atoms with Crippen LogP contribution < -0.4 is 0 Å². The van der Waals surface area contributed by atoms with Gasteiger partial charge in [-0.15, -0.1) is 0 Å². The zero-order valence-electron chi connectivity index (χ0n) is 10.0. The molecule has 0 saturated carbocycles. The van der Waals surface area contributed by atoms with Gasteiger partial charge in [0, 0.05) is 17.1 Å². The van der Waals surface area contributed by atoms with Crippen molar-refractivity contribution in [3.8, 4) is 11.1 Å². The Morgan fingerprint density at radius 2 is 1.83 bits per heavy atom. The van der Waals surface area contributed by atoms with Gasteiger partial charge in [-0.3, -0.25) is 4.98 Å². The van der Waals surface area contributed by atoms with Crippen LogP contribution in [0.2, 0.25) is 0 Å².